The van der Waals surface area contributed by atoms with Crippen LogP contribution >= 0.6 is 11.3 Å². The molecule has 1 N–H and O–H groups in total. The Kier molecular flexibility index (Phi) is 5.45. The number of aryl methyl sites for hydroxylation is 2. The molecule has 0 bridgehead atoms. The van der Waals surface area contributed by atoms with Crippen LogP contribution in [-0.4, -0.2) is 47.0 Å². The van der Waals surface area contributed by atoms with E-state index in [1.54, 1.807) is 6.33 Å². The Bertz CT molecular complexity index is 1250. The molecule has 7 nitrogen and oxygen atoms in total. The zero-order valence-corrected chi connectivity index (χ0v) is 18.9. The number of carbonyl (C=O) groups excluding carboxylic acids is 1. The second-order valence-corrected chi connectivity index (χ2v) is 8.91. The molecule has 0 aliphatic carbocycles. The highest BCUT2D eigenvalue weighted by atomic mass is 32.1. The van der Waals surface area contributed by atoms with E-state index in [2.05, 4.69) is 30.1 Å². The second kappa shape index (κ2) is 8.55. The van der Waals surface area contributed by atoms with Crippen molar-refractivity contribution in [3.63, 3.8) is 0 Å². The number of rotatable bonds is 4. The first kappa shape index (κ1) is 20.4. The molecule has 1 aliphatic rings. The molecule has 3 aromatic heterocycles. The summed E-state index contributed by atoms with van der Waals surface area (Å²) in [6.07, 6.45) is 3.42. The molecule has 4 aromatic rings. The van der Waals surface area contributed by atoms with Gasteiger partial charge in [-0.15, -0.1) is 11.3 Å². The summed E-state index contributed by atoms with van der Waals surface area (Å²) in [5, 5.41) is 3.98. The first-order valence-corrected chi connectivity index (χ1v) is 11.4. The fraction of sp³-hybridized carbons (Fsp3) is 0.250. The summed E-state index contributed by atoms with van der Waals surface area (Å²) in [6, 6.07) is 13.8. The van der Waals surface area contributed by atoms with E-state index < -0.39 is 0 Å². The molecule has 1 amide bonds. The van der Waals surface area contributed by atoms with Crippen LogP contribution in [0.25, 0.3) is 10.2 Å². The Morgan fingerprint density at radius 3 is 2.41 bits per heavy atom. The maximum absolute atomic E-state index is 13.0. The van der Waals surface area contributed by atoms with Gasteiger partial charge in [-0.3, -0.25) is 4.79 Å². The van der Waals surface area contributed by atoms with Crippen molar-refractivity contribution in [1.82, 2.24) is 15.0 Å². The Morgan fingerprint density at radius 2 is 1.69 bits per heavy atom. The van der Waals surface area contributed by atoms with E-state index in [4.69, 9.17) is 0 Å². The summed E-state index contributed by atoms with van der Waals surface area (Å²) in [6.45, 7) is 7.42. The molecule has 0 unspecified atom stereocenters. The molecule has 0 radical (unpaired) electrons. The van der Waals surface area contributed by atoms with Crippen molar-refractivity contribution >= 4 is 44.8 Å². The molecule has 8 heteroatoms. The summed E-state index contributed by atoms with van der Waals surface area (Å²) in [7, 11) is 0. The zero-order chi connectivity index (χ0) is 22.1. The molecule has 0 saturated carbocycles. The van der Waals surface area contributed by atoms with Gasteiger partial charge in [0.1, 0.15) is 22.8 Å². The van der Waals surface area contributed by atoms with Crippen LogP contribution in [0.3, 0.4) is 0 Å². The summed E-state index contributed by atoms with van der Waals surface area (Å²) < 4.78 is 0. The molecule has 1 saturated heterocycles. The lowest BCUT2D eigenvalue weighted by Crippen LogP contribution is -2.47. The Morgan fingerprint density at radius 1 is 0.938 bits per heavy atom. The van der Waals surface area contributed by atoms with Crippen molar-refractivity contribution in [2.75, 3.05) is 41.3 Å². The number of aromatic nitrogens is 3. The summed E-state index contributed by atoms with van der Waals surface area (Å²) >= 11 is 1.42. The normalized spacial score (nSPS) is 14.1. The highest BCUT2D eigenvalue weighted by Crippen LogP contribution is 2.35. The Balaban J connectivity index is 1.39. The molecule has 0 spiro atoms. The highest BCUT2D eigenvalue weighted by molar-refractivity contribution is 7.20. The van der Waals surface area contributed by atoms with Crippen LogP contribution in [-0.2, 0) is 0 Å². The van der Waals surface area contributed by atoms with Crippen molar-refractivity contribution in [3.05, 3.63) is 71.0 Å². The number of piperazine rings is 1. The number of nitrogens with one attached hydrogen (secondary N) is 1. The molecule has 162 valence electrons. The molecular weight excluding hydrogens is 420 g/mol. The summed E-state index contributed by atoms with van der Waals surface area (Å²) in [4.78, 5) is 32.6. The number of anilines is 3. The topological polar surface area (TPSA) is 74.2 Å². The number of nitrogens with zero attached hydrogens (tertiary/aromatic N) is 5. The van der Waals surface area contributed by atoms with Gasteiger partial charge in [-0.1, -0.05) is 23.8 Å². The van der Waals surface area contributed by atoms with E-state index in [0.717, 1.165) is 64.8 Å². The molecule has 1 fully saturated rings. The van der Waals surface area contributed by atoms with Crippen LogP contribution < -0.4 is 15.1 Å². The molecule has 1 aromatic carbocycles. The average Bonchev–Trinajstić information content (AvgIpc) is 3.18. The smallest absolute Gasteiger partial charge is 0.266 e. The minimum Gasteiger partial charge on any atom is -0.353 e. The highest BCUT2D eigenvalue weighted by Gasteiger charge is 2.25. The van der Waals surface area contributed by atoms with Gasteiger partial charge in [-0.25, -0.2) is 15.0 Å². The average molecular weight is 445 g/mol. The van der Waals surface area contributed by atoms with Gasteiger partial charge >= 0.3 is 0 Å². The Hall–Kier alpha value is -3.52. The third-order valence-corrected chi connectivity index (χ3v) is 6.97. The molecule has 4 heterocycles. The monoisotopic (exact) mass is 444 g/mol. The Labute approximate surface area is 190 Å². The van der Waals surface area contributed by atoms with E-state index in [-0.39, 0.29) is 5.91 Å². The predicted octanol–water partition coefficient (Wildman–Crippen LogP) is 4.28. The number of amides is 1. The number of benzene rings is 1. The van der Waals surface area contributed by atoms with Crippen molar-refractivity contribution in [1.29, 1.82) is 0 Å². The first-order chi connectivity index (χ1) is 15.6. The molecule has 1 aliphatic heterocycles. The van der Waals surface area contributed by atoms with Crippen molar-refractivity contribution in [2.45, 2.75) is 13.8 Å². The molecule has 5 rings (SSSR count). The second-order valence-electron chi connectivity index (χ2n) is 7.92. The van der Waals surface area contributed by atoms with Gasteiger partial charge in [-0.05, 0) is 43.7 Å². The minimum atomic E-state index is -0.111. The fourth-order valence-electron chi connectivity index (χ4n) is 4.02. The van der Waals surface area contributed by atoms with E-state index >= 15 is 0 Å². The summed E-state index contributed by atoms with van der Waals surface area (Å²) in [5.74, 6) is 1.79. The van der Waals surface area contributed by atoms with Crippen molar-refractivity contribution < 1.29 is 4.79 Å². The van der Waals surface area contributed by atoms with Crippen LogP contribution in [0.4, 0.5) is 17.3 Å². The van der Waals surface area contributed by atoms with Crippen LogP contribution in [0.5, 0.6) is 0 Å². The maximum atomic E-state index is 13.0. The van der Waals surface area contributed by atoms with Gasteiger partial charge in [0.15, 0.2) is 0 Å². The standard InChI is InChI=1S/C24H24N6OS/c1-16-6-8-18(9-7-16)28-23(31)21-17(2)20-22(26-15-27-24(20)32-21)30-13-11-29(12-14-30)19-5-3-4-10-25-19/h3-10,15H,11-14H2,1-2H3,(H,28,31). The lowest BCUT2D eigenvalue weighted by atomic mass is 10.1. The lowest BCUT2D eigenvalue weighted by Gasteiger charge is -2.36. The van der Waals surface area contributed by atoms with Crippen molar-refractivity contribution in [3.8, 4) is 0 Å². The van der Waals surface area contributed by atoms with Gasteiger partial charge in [0.25, 0.3) is 5.91 Å². The zero-order valence-electron chi connectivity index (χ0n) is 18.1. The van der Waals surface area contributed by atoms with Crippen molar-refractivity contribution in [2.24, 2.45) is 0 Å². The van der Waals surface area contributed by atoms with E-state index in [9.17, 15) is 4.79 Å². The summed E-state index contributed by atoms with van der Waals surface area (Å²) in [5.41, 5.74) is 2.87. The largest absolute Gasteiger partial charge is 0.353 e. The van der Waals surface area contributed by atoms with Crippen LogP contribution in [0, 0.1) is 13.8 Å². The number of fused-ring (bicyclic) bond motifs is 1. The van der Waals surface area contributed by atoms with Gasteiger partial charge in [0.05, 0.1) is 10.3 Å². The maximum Gasteiger partial charge on any atom is 0.266 e. The van der Waals surface area contributed by atoms with Gasteiger partial charge in [-0.2, -0.15) is 0 Å². The quantitative estimate of drug-likeness (QED) is 0.506. The first-order valence-electron chi connectivity index (χ1n) is 10.6. The van der Waals surface area contributed by atoms with E-state index in [1.807, 2.05) is 62.5 Å². The van der Waals surface area contributed by atoms with Gasteiger partial charge < -0.3 is 15.1 Å². The predicted molar refractivity (Wildman–Crippen MR) is 130 cm³/mol. The third-order valence-electron chi connectivity index (χ3n) is 5.77. The van der Waals surface area contributed by atoms with E-state index in [1.165, 1.54) is 11.3 Å². The van der Waals surface area contributed by atoms with Gasteiger partial charge in [0.2, 0.25) is 0 Å². The number of carbonyl (C=O) groups is 1. The lowest BCUT2D eigenvalue weighted by molar-refractivity contribution is 0.103. The number of hydrogen-bond acceptors (Lipinski definition) is 7. The molecule has 32 heavy (non-hydrogen) atoms. The van der Waals surface area contributed by atoms with Gasteiger partial charge in [0, 0.05) is 38.1 Å². The fourth-order valence-corrected chi connectivity index (χ4v) is 5.06. The van der Waals surface area contributed by atoms with E-state index in [0.29, 0.717) is 4.88 Å². The SMILES string of the molecule is Cc1ccc(NC(=O)c2sc3ncnc(N4CCN(c5ccccn5)CC4)c3c2C)cc1. The number of thiophene rings is 1. The number of pyridine rings is 1. The van der Waals surface area contributed by atoms with Crippen LogP contribution in [0.2, 0.25) is 0 Å². The van der Waals surface area contributed by atoms with Crippen LogP contribution in [0.15, 0.2) is 55.0 Å². The third kappa shape index (κ3) is 3.89. The van der Waals surface area contributed by atoms with Crippen LogP contribution in [0.1, 0.15) is 20.8 Å². The molecular formula is C24H24N6OS. The molecule has 0 atom stereocenters. The minimum absolute atomic E-state index is 0.111. The number of hydrogen-bond donors (Lipinski definition) is 1.